The Labute approximate surface area is 204 Å². The fourth-order valence-electron chi connectivity index (χ4n) is 4.34. The lowest BCUT2D eigenvalue weighted by Gasteiger charge is -2.38. The molecule has 1 heterocycles. The molecule has 1 atom stereocenters. The van der Waals surface area contributed by atoms with Gasteiger partial charge in [0.05, 0.1) is 47.4 Å². The first-order valence-corrected chi connectivity index (χ1v) is 12.0. The molecular formula is C27H29NO5S. The van der Waals surface area contributed by atoms with Crippen LogP contribution in [0.2, 0.25) is 0 Å². The Morgan fingerprint density at radius 2 is 1.56 bits per heavy atom. The molecule has 0 aromatic heterocycles. The van der Waals surface area contributed by atoms with Crippen LogP contribution in [0.3, 0.4) is 0 Å². The van der Waals surface area contributed by atoms with E-state index in [1.54, 1.807) is 40.2 Å². The van der Waals surface area contributed by atoms with Crippen molar-refractivity contribution in [2.75, 3.05) is 34.2 Å². The number of thioether (sulfide) groups is 1. The number of carbonyl (C=O) groups excluding carboxylic acids is 1. The van der Waals surface area contributed by atoms with Crippen LogP contribution < -0.4 is 18.9 Å². The summed E-state index contributed by atoms with van der Waals surface area (Å²) in [6.07, 6.45) is 0.300. The van der Waals surface area contributed by atoms with E-state index in [4.69, 9.17) is 18.9 Å². The van der Waals surface area contributed by atoms with Crippen molar-refractivity contribution >= 4 is 17.7 Å². The zero-order valence-electron chi connectivity index (χ0n) is 19.9. The van der Waals surface area contributed by atoms with Gasteiger partial charge in [0.25, 0.3) is 0 Å². The topological polar surface area (TPSA) is 57.2 Å². The van der Waals surface area contributed by atoms with Gasteiger partial charge in [0.2, 0.25) is 5.91 Å². The number of amides is 1. The van der Waals surface area contributed by atoms with E-state index < -0.39 is 0 Å². The number of fused-ring (bicyclic) bond motifs is 1. The number of hydrogen-bond donors (Lipinski definition) is 0. The molecule has 0 N–H and O–H groups in total. The number of para-hydroxylation sites is 1. The minimum atomic E-state index is -0.155. The maximum atomic E-state index is 13.5. The molecular weight excluding hydrogens is 450 g/mol. The normalized spacial score (nSPS) is 15.0. The van der Waals surface area contributed by atoms with Crippen LogP contribution in [-0.2, 0) is 17.8 Å². The van der Waals surface area contributed by atoms with Gasteiger partial charge in [-0.25, -0.2) is 0 Å². The summed E-state index contributed by atoms with van der Waals surface area (Å²) in [4.78, 5) is 16.6. The van der Waals surface area contributed by atoms with Gasteiger partial charge in [0, 0.05) is 16.2 Å². The van der Waals surface area contributed by atoms with Crippen LogP contribution in [0.4, 0.5) is 0 Å². The van der Waals surface area contributed by atoms with Crippen LogP contribution in [0.15, 0.2) is 65.6 Å². The monoisotopic (exact) mass is 479 g/mol. The lowest BCUT2D eigenvalue weighted by molar-refractivity contribution is -0.134. The summed E-state index contributed by atoms with van der Waals surface area (Å²) in [5.74, 6) is 3.33. The molecule has 1 aliphatic rings. The Morgan fingerprint density at radius 1 is 0.853 bits per heavy atom. The highest BCUT2D eigenvalue weighted by Crippen LogP contribution is 2.42. The molecule has 0 aliphatic carbocycles. The minimum Gasteiger partial charge on any atom is -0.493 e. The third kappa shape index (κ3) is 4.80. The van der Waals surface area contributed by atoms with Gasteiger partial charge in [-0.15, -0.1) is 11.8 Å². The number of benzene rings is 3. The molecule has 0 radical (unpaired) electrons. The first-order valence-electron chi connectivity index (χ1n) is 11.0. The van der Waals surface area contributed by atoms with E-state index in [0.29, 0.717) is 41.7 Å². The summed E-state index contributed by atoms with van der Waals surface area (Å²) in [5.41, 5.74) is 2.94. The second kappa shape index (κ2) is 10.7. The van der Waals surface area contributed by atoms with Gasteiger partial charge >= 0.3 is 0 Å². The van der Waals surface area contributed by atoms with E-state index in [1.807, 2.05) is 53.4 Å². The minimum absolute atomic E-state index is 0.0586. The average Bonchev–Trinajstić information content (AvgIpc) is 2.88. The summed E-state index contributed by atoms with van der Waals surface area (Å²) >= 11 is 1.73. The van der Waals surface area contributed by atoms with Gasteiger partial charge in [-0.05, 0) is 41.5 Å². The highest BCUT2D eigenvalue weighted by Gasteiger charge is 2.34. The van der Waals surface area contributed by atoms with Crippen molar-refractivity contribution in [3.63, 3.8) is 0 Å². The fraction of sp³-hybridized carbons (Fsp3) is 0.296. The van der Waals surface area contributed by atoms with Gasteiger partial charge in [-0.2, -0.15) is 0 Å². The Balaban J connectivity index is 1.74. The second-order valence-electron chi connectivity index (χ2n) is 7.90. The van der Waals surface area contributed by atoms with Crippen LogP contribution in [0, 0.1) is 0 Å². The summed E-state index contributed by atoms with van der Waals surface area (Å²) in [5, 5.41) is 0. The highest BCUT2D eigenvalue weighted by molar-refractivity contribution is 7.99. The molecule has 1 unspecified atom stereocenters. The number of ether oxygens (including phenoxy) is 4. The Morgan fingerprint density at radius 3 is 2.24 bits per heavy atom. The SMILES string of the molecule is COc1cc2c(cc1OC)C(CSc1ccccc1)N(Cc1cccc(OC)c1OC)C(=O)C2. The molecule has 0 saturated heterocycles. The average molecular weight is 480 g/mol. The standard InChI is InChI=1S/C27H29NO5S/c1-30-23-12-8-9-18(27(23)33-4)16-28-22(17-34-20-10-6-5-7-11-20)21-15-25(32-3)24(31-2)13-19(21)14-26(28)29/h5-13,15,22H,14,16-17H2,1-4H3. The lowest BCUT2D eigenvalue weighted by atomic mass is 9.91. The quantitative estimate of drug-likeness (QED) is 0.396. The molecule has 6 nitrogen and oxygen atoms in total. The molecule has 0 bridgehead atoms. The molecule has 0 fully saturated rings. The van der Waals surface area contributed by atoms with Crippen molar-refractivity contribution in [2.45, 2.75) is 23.9 Å². The van der Waals surface area contributed by atoms with Gasteiger partial charge < -0.3 is 23.8 Å². The van der Waals surface area contributed by atoms with Gasteiger partial charge in [-0.1, -0.05) is 30.3 Å². The first kappa shape index (κ1) is 23.8. The Hall–Kier alpha value is -3.32. The molecule has 7 heteroatoms. The summed E-state index contributed by atoms with van der Waals surface area (Å²) in [6, 6.07) is 19.7. The largest absolute Gasteiger partial charge is 0.493 e. The van der Waals surface area contributed by atoms with E-state index in [2.05, 4.69) is 12.1 Å². The molecule has 0 saturated carbocycles. The first-order chi connectivity index (χ1) is 16.6. The van der Waals surface area contributed by atoms with E-state index in [1.165, 1.54) is 0 Å². The van der Waals surface area contributed by atoms with Crippen molar-refractivity contribution < 1.29 is 23.7 Å². The Bertz CT molecular complexity index is 1150. The van der Waals surface area contributed by atoms with Gasteiger partial charge in [0.1, 0.15) is 0 Å². The molecule has 178 valence electrons. The molecule has 3 aromatic carbocycles. The smallest absolute Gasteiger partial charge is 0.227 e. The molecule has 0 spiro atoms. The van der Waals surface area contributed by atoms with Crippen LogP contribution in [0.5, 0.6) is 23.0 Å². The summed E-state index contributed by atoms with van der Waals surface area (Å²) in [6.45, 7) is 0.410. The zero-order chi connectivity index (χ0) is 24.1. The number of carbonyl (C=O) groups is 1. The van der Waals surface area contributed by atoms with Crippen LogP contribution in [0.25, 0.3) is 0 Å². The van der Waals surface area contributed by atoms with E-state index >= 15 is 0 Å². The maximum Gasteiger partial charge on any atom is 0.227 e. The molecule has 1 amide bonds. The van der Waals surface area contributed by atoms with Gasteiger partial charge in [-0.3, -0.25) is 4.79 Å². The van der Waals surface area contributed by atoms with Crippen LogP contribution in [-0.4, -0.2) is 45.0 Å². The van der Waals surface area contributed by atoms with Gasteiger partial charge in [0.15, 0.2) is 23.0 Å². The predicted octanol–water partition coefficient (Wildman–Crippen LogP) is 5.14. The molecule has 34 heavy (non-hydrogen) atoms. The molecule has 4 rings (SSSR count). The maximum absolute atomic E-state index is 13.5. The molecule has 1 aliphatic heterocycles. The summed E-state index contributed by atoms with van der Waals surface area (Å²) in [7, 11) is 6.47. The van der Waals surface area contributed by atoms with Crippen molar-refractivity contribution in [3.05, 3.63) is 77.4 Å². The third-order valence-corrected chi connectivity index (χ3v) is 7.11. The Kier molecular flexibility index (Phi) is 7.53. The fourth-order valence-corrected chi connectivity index (χ4v) is 5.40. The zero-order valence-corrected chi connectivity index (χ0v) is 20.7. The number of hydrogen-bond acceptors (Lipinski definition) is 6. The highest BCUT2D eigenvalue weighted by atomic mass is 32.2. The number of rotatable bonds is 9. The predicted molar refractivity (Wildman–Crippen MR) is 133 cm³/mol. The molecule has 3 aromatic rings. The van der Waals surface area contributed by atoms with Crippen molar-refractivity contribution in [2.24, 2.45) is 0 Å². The van der Waals surface area contributed by atoms with Crippen molar-refractivity contribution in [1.29, 1.82) is 0 Å². The second-order valence-corrected chi connectivity index (χ2v) is 8.99. The van der Waals surface area contributed by atoms with E-state index in [9.17, 15) is 4.79 Å². The van der Waals surface area contributed by atoms with Crippen molar-refractivity contribution in [1.82, 2.24) is 4.90 Å². The summed E-state index contributed by atoms with van der Waals surface area (Å²) < 4.78 is 22.2. The van der Waals surface area contributed by atoms with E-state index in [0.717, 1.165) is 21.6 Å². The number of nitrogens with zero attached hydrogens (tertiary/aromatic N) is 1. The third-order valence-electron chi connectivity index (χ3n) is 6.02. The number of methoxy groups -OCH3 is 4. The van der Waals surface area contributed by atoms with Crippen LogP contribution in [0.1, 0.15) is 22.7 Å². The van der Waals surface area contributed by atoms with Crippen LogP contribution >= 0.6 is 11.8 Å². The lowest BCUT2D eigenvalue weighted by Crippen LogP contribution is -2.41. The van der Waals surface area contributed by atoms with Crippen molar-refractivity contribution in [3.8, 4) is 23.0 Å². The van der Waals surface area contributed by atoms with E-state index in [-0.39, 0.29) is 11.9 Å².